The number of carbonyl (C=O) groups excluding carboxylic acids is 1. The molecule has 1 amide bonds. The van der Waals surface area contributed by atoms with Crippen molar-refractivity contribution in [1.82, 2.24) is 14.3 Å². The number of rotatable bonds is 6. The molecule has 1 N–H and O–H groups in total. The van der Waals surface area contributed by atoms with Crippen LogP contribution in [0.1, 0.15) is 21.6 Å². The molecule has 0 spiro atoms. The van der Waals surface area contributed by atoms with Crippen LogP contribution in [0.15, 0.2) is 82.6 Å². The van der Waals surface area contributed by atoms with Gasteiger partial charge in [0.05, 0.1) is 16.3 Å². The normalized spacial score (nSPS) is 11.3. The maximum atomic E-state index is 13.5. The lowest BCUT2D eigenvalue weighted by molar-refractivity contribution is 0.102. The fraction of sp³-hybridized carbons (Fsp3) is 0.160. The van der Waals surface area contributed by atoms with E-state index in [1.54, 1.807) is 55.2 Å². The number of para-hydroxylation sites is 1. The van der Waals surface area contributed by atoms with Crippen molar-refractivity contribution in [3.8, 4) is 5.69 Å². The molecule has 0 fully saturated rings. The Balaban J connectivity index is 1.69. The molecule has 9 nitrogen and oxygen atoms in total. The maximum Gasteiger partial charge on any atom is 0.296 e. The van der Waals surface area contributed by atoms with Gasteiger partial charge >= 0.3 is 0 Å². The molecule has 180 valence electrons. The van der Waals surface area contributed by atoms with E-state index in [1.165, 1.54) is 36.0 Å². The second-order valence-electron chi connectivity index (χ2n) is 8.09. The summed E-state index contributed by atoms with van der Waals surface area (Å²) in [7, 11) is -1.12. The number of pyridine rings is 1. The van der Waals surface area contributed by atoms with E-state index in [4.69, 9.17) is 0 Å². The summed E-state index contributed by atoms with van der Waals surface area (Å²) in [4.78, 5) is 30.0. The summed E-state index contributed by atoms with van der Waals surface area (Å²) in [5.41, 5.74) is 1.74. The fourth-order valence-corrected chi connectivity index (χ4v) is 5.02. The van der Waals surface area contributed by atoms with Gasteiger partial charge in [-0.3, -0.25) is 18.6 Å². The SMILES string of the molecule is Cc1ccc(NC(=O)c2cccc(S(=O)(=O)N(C)c3c(C)n(C)n(-c4ccccc4)c3=O)c2)nc1. The van der Waals surface area contributed by atoms with Crippen LogP contribution < -0.4 is 15.2 Å². The van der Waals surface area contributed by atoms with Gasteiger partial charge in [-0.15, -0.1) is 0 Å². The fourth-order valence-electron chi connectivity index (χ4n) is 3.72. The van der Waals surface area contributed by atoms with E-state index in [0.717, 1.165) is 9.87 Å². The number of nitrogens with zero attached hydrogens (tertiary/aromatic N) is 4. The second-order valence-corrected chi connectivity index (χ2v) is 10.1. The zero-order valence-corrected chi connectivity index (χ0v) is 20.6. The number of amides is 1. The highest BCUT2D eigenvalue weighted by molar-refractivity contribution is 7.92. The van der Waals surface area contributed by atoms with Gasteiger partial charge in [-0.25, -0.2) is 18.1 Å². The molecule has 0 aliphatic rings. The van der Waals surface area contributed by atoms with Crippen LogP contribution in [-0.4, -0.2) is 35.7 Å². The molecule has 35 heavy (non-hydrogen) atoms. The number of carbonyl (C=O) groups is 1. The molecule has 2 aromatic heterocycles. The number of benzene rings is 2. The van der Waals surface area contributed by atoms with Gasteiger partial charge in [-0.1, -0.05) is 30.3 Å². The smallest absolute Gasteiger partial charge is 0.296 e. The summed E-state index contributed by atoms with van der Waals surface area (Å²) in [6.45, 7) is 3.56. The third kappa shape index (κ3) is 4.47. The Kier molecular flexibility index (Phi) is 6.31. The number of hydrogen-bond donors (Lipinski definition) is 1. The van der Waals surface area contributed by atoms with Crippen LogP contribution in [0.4, 0.5) is 11.5 Å². The Morgan fingerprint density at radius 3 is 2.37 bits per heavy atom. The van der Waals surface area contributed by atoms with Crippen LogP contribution in [0.25, 0.3) is 5.69 Å². The number of aromatic nitrogens is 3. The molecule has 2 aromatic carbocycles. The minimum absolute atomic E-state index is 0.0232. The monoisotopic (exact) mass is 491 g/mol. The molecule has 0 unspecified atom stereocenters. The summed E-state index contributed by atoms with van der Waals surface area (Å²) in [5.74, 6) is -0.143. The molecular formula is C25H25N5O4S. The van der Waals surface area contributed by atoms with Gasteiger partial charge < -0.3 is 5.32 Å². The van der Waals surface area contributed by atoms with Gasteiger partial charge in [0.15, 0.2) is 0 Å². The van der Waals surface area contributed by atoms with Crippen molar-refractivity contribution in [2.45, 2.75) is 18.7 Å². The second kappa shape index (κ2) is 9.22. The first-order valence-corrected chi connectivity index (χ1v) is 12.2. The molecule has 0 saturated carbocycles. The Morgan fingerprint density at radius 2 is 1.71 bits per heavy atom. The summed E-state index contributed by atoms with van der Waals surface area (Å²) in [5, 5.41) is 2.66. The Labute approximate surface area is 203 Å². The minimum Gasteiger partial charge on any atom is -0.307 e. The van der Waals surface area contributed by atoms with Gasteiger partial charge in [0.1, 0.15) is 11.5 Å². The average molecular weight is 492 g/mol. The van der Waals surface area contributed by atoms with Crippen LogP contribution in [-0.2, 0) is 17.1 Å². The Morgan fingerprint density at radius 1 is 1.00 bits per heavy atom. The van der Waals surface area contributed by atoms with Crippen LogP contribution in [0, 0.1) is 13.8 Å². The topological polar surface area (TPSA) is 106 Å². The first-order chi connectivity index (χ1) is 16.6. The lowest BCUT2D eigenvalue weighted by Gasteiger charge is -2.18. The third-order valence-corrected chi connectivity index (χ3v) is 7.50. The van der Waals surface area contributed by atoms with Gasteiger partial charge in [-0.05, 0) is 55.8 Å². The van der Waals surface area contributed by atoms with Crippen LogP contribution in [0.3, 0.4) is 0 Å². The van der Waals surface area contributed by atoms with Gasteiger partial charge in [-0.2, -0.15) is 0 Å². The molecule has 0 radical (unpaired) electrons. The quantitative estimate of drug-likeness (QED) is 0.446. The van der Waals surface area contributed by atoms with Crippen molar-refractivity contribution in [3.63, 3.8) is 0 Å². The summed E-state index contributed by atoms with van der Waals surface area (Å²) < 4.78 is 31.0. The van der Waals surface area contributed by atoms with E-state index in [9.17, 15) is 18.0 Å². The molecule has 0 atom stereocenters. The Hall–Kier alpha value is -4.18. The summed E-state index contributed by atoms with van der Waals surface area (Å²) in [6.07, 6.45) is 1.62. The van der Waals surface area contributed by atoms with E-state index >= 15 is 0 Å². The van der Waals surface area contributed by atoms with E-state index in [0.29, 0.717) is 17.2 Å². The van der Waals surface area contributed by atoms with Crippen molar-refractivity contribution in [3.05, 3.63) is 100 Å². The lowest BCUT2D eigenvalue weighted by Crippen LogP contribution is -2.32. The van der Waals surface area contributed by atoms with E-state index in [2.05, 4.69) is 10.3 Å². The molecule has 0 saturated heterocycles. The van der Waals surface area contributed by atoms with Crippen LogP contribution >= 0.6 is 0 Å². The zero-order chi connectivity index (χ0) is 25.3. The summed E-state index contributed by atoms with van der Waals surface area (Å²) >= 11 is 0. The lowest BCUT2D eigenvalue weighted by atomic mass is 10.2. The van der Waals surface area contributed by atoms with Crippen LogP contribution in [0.5, 0.6) is 0 Å². The number of sulfonamides is 1. The first-order valence-electron chi connectivity index (χ1n) is 10.8. The third-order valence-electron chi connectivity index (χ3n) is 5.75. The van der Waals surface area contributed by atoms with E-state index < -0.39 is 21.5 Å². The molecule has 0 aliphatic carbocycles. The van der Waals surface area contributed by atoms with E-state index in [1.807, 2.05) is 19.1 Å². The zero-order valence-electron chi connectivity index (χ0n) is 19.8. The predicted octanol–water partition coefficient (Wildman–Crippen LogP) is 3.27. The molecule has 4 aromatic rings. The van der Waals surface area contributed by atoms with Gasteiger partial charge in [0.25, 0.3) is 21.5 Å². The highest BCUT2D eigenvalue weighted by Gasteiger charge is 2.29. The van der Waals surface area contributed by atoms with Gasteiger partial charge in [0, 0.05) is 25.9 Å². The standard InChI is InChI=1S/C25H25N5O4S/c1-17-13-14-22(26-16-17)27-24(31)19-9-8-12-21(15-19)35(33,34)29(4)23-18(2)28(3)30(25(23)32)20-10-6-5-7-11-20/h5-16H,1-4H3,(H,26,27,31). The van der Waals surface area contributed by atoms with Crippen molar-refractivity contribution >= 4 is 27.4 Å². The minimum atomic E-state index is -4.15. The van der Waals surface area contributed by atoms with Crippen molar-refractivity contribution in [2.75, 3.05) is 16.7 Å². The maximum absolute atomic E-state index is 13.5. The molecule has 2 heterocycles. The average Bonchev–Trinajstić information content (AvgIpc) is 3.08. The first kappa shape index (κ1) is 24.0. The molecule has 0 aliphatic heterocycles. The summed E-state index contributed by atoms with van der Waals surface area (Å²) in [6, 6.07) is 18.1. The number of nitrogens with one attached hydrogen (secondary N) is 1. The van der Waals surface area contributed by atoms with Crippen molar-refractivity contribution < 1.29 is 13.2 Å². The van der Waals surface area contributed by atoms with E-state index in [-0.39, 0.29) is 16.1 Å². The van der Waals surface area contributed by atoms with Crippen LogP contribution in [0.2, 0.25) is 0 Å². The largest absolute Gasteiger partial charge is 0.307 e. The number of hydrogen-bond acceptors (Lipinski definition) is 5. The highest BCUT2D eigenvalue weighted by atomic mass is 32.2. The predicted molar refractivity (Wildman–Crippen MR) is 135 cm³/mol. The van der Waals surface area contributed by atoms with Crippen molar-refractivity contribution in [2.24, 2.45) is 7.05 Å². The molecule has 0 bridgehead atoms. The molecular weight excluding hydrogens is 466 g/mol. The van der Waals surface area contributed by atoms with Crippen molar-refractivity contribution in [1.29, 1.82) is 0 Å². The number of aryl methyl sites for hydroxylation is 1. The van der Waals surface area contributed by atoms with Gasteiger partial charge in [0.2, 0.25) is 0 Å². The Bertz CT molecular complexity index is 1560. The molecule has 4 rings (SSSR count). The number of anilines is 2. The highest BCUT2D eigenvalue weighted by Crippen LogP contribution is 2.24. The molecule has 10 heteroatoms.